The number of hydrogen-bond donors (Lipinski definition) is 2. The Labute approximate surface area is 198 Å². The molecule has 0 radical (unpaired) electrons. The quantitative estimate of drug-likeness (QED) is 0.614. The van der Waals surface area contributed by atoms with Crippen molar-refractivity contribution in [3.8, 4) is 0 Å². The van der Waals surface area contributed by atoms with Crippen molar-refractivity contribution in [2.45, 2.75) is 31.8 Å². The van der Waals surface area contributed by atoms with Crippen LogP contribution in [-0.2, 0) is 16.0 Å². The number of benzene rings is 2. The van der Waals surface area contributed by atoms with Crippen molar-refractivity contribution in [2.75, 3.05) is 20.1 Å². The van der Waals surface area contributed by atoms with Crippen LogP contribution in [0.4, 0.5) is 4.79 Å². The summed E-state index contributed by atoms with van der Waals surface area (Å²) in [6.45, 7) is 2.43. The fraction of sp³-hybridized carbons (Fsp3) is 0.320. The topological polar surface area (TPSA) is 81.8 Å². The van der Waals surface area contributed by atoms with Gasteiger partial charge in [0.1, 0.15) is 6.04 Å². The molecule has 0 spiro atoms. The summed E-state index contributed by atoms with van der Waals surface area (Å²) in [7, 11) is 1.62. The van der Waals surface area contributed by atoms with Crippen molar-refractivity contribution in [3.63, 3.8) is 0 Å². The maximum absolute atomic E-state index is 13.4. The third-order valence-corrected chi connectivity index (χ3v) is 6.58. The van der Waals surface area contributed by atoms with E-state index in [9.17, 15) is 14.4 Å². The summed E-state index contributed by atoms with van der Waals surface area (Å²) in [5.74, 6) is -0.485. The van der Waals surface area contributed by atoms with Crippen LogP contribution in [0.15, 0.2) is 65.9 Å². The third-order valence-electron chi connectivity index (χ3n) is 6.24. The van der Waals surface area contributed by atoms with Gasteiger partial charge in [-0.3, -0.25) is 14.5 Å². The van der Waals surface area contributed by atoms with E-state index >= 15 is 0 Å². The molecule has 4 rings (SSSR count). The molecule has 33 heavy (non-hydrogen) atoms. The minimum absolute atomic E-state index is 0.192. The second kappa shape index (κ2) is 9.67. The number of nitrogens with zero attached hydrogens (tertiary/aromatic N) is 2. The first kappa shape index (κ1) is 22.9. The fourth-order valence-electron chi connectivity index (χ4n) is 4.28. The smallest absolute Gasteiger partial charge is 0.322 e. The lowest BCUT2D eigenvalue weighted by Gasteiger charge is -2.31. The summed E-state index contributed by atoms with van der Waals surface area (Å²) in [5.41, 5.74) is 2.92. The van der Waals surface area contributed by atoms with E-state index in [1.807, 2.05) is 24.3 Å². The Morgan fingerprint density at radius 2 is 1.85 bits per heavy atom. The van der Waals surface area contributed by atoms with Gasteiger partial charge in [0.25, 0.3) is 5.91 Å². The van der Waals surface area contributed by atoms with Crippen molar-refractivity contribution in [1.82, 2.24) is 20.4 Å². The zero-order valence-corrected chi connectivity index (χ0v) is 19.4. The van der Waals surface area contributed by atoms with Gasteiger partial charge in [-0.05, 0) is 37.0 Å². The number of hydrogen-bond acceptors (Lipinski definition) is 3. The van der Waals surface area contributed by atoms with Crippen molar-refractivity contribution >= 4 is 29.4 Å². The van der Waals surface area contributed by atoms with Crippen molar-refractivity contribution in [1.29, 1.82) is 0 Å². The van der Waals surface area contributed by atoms with Crippen molar-refractivity contribution in [2.24, 2.45) is 0 Å². The van der Waals surface area contributed by atoms with Crippen LogP contribution in [0.5, 0.6) is 0 Å². The Balaban J connectivity index is 1.44. The largest absolute Gasteiger partial charge is 0.354 e. The normalized spacial score (nSPS) is 18.8. The molecule has 2 aliphatic heterocycles. The molecular weight excluding hydrogens is 440 g/mol. The Morgan fingerprint density at radius 1 is 1.15 bits per heavy atom. The molecule has 2 aromatic rings. The standard InChI is InChI=1S/C25H27ClN4O3/c1-16(23(31)27-14-8-11-17-9-4-3-5-10-17)30-15-20-21(24(30)32)22(28-25(33)29(20)2)18-12-6-7-13-19(18)26/h3-7,9-10,12-13,16,22H,8,11,14-15H2,1-2H3,(H,27,31)(H,28,33)/t16-,22-/m0/s1. The zero-order valence-electron chi connectivity index (χ0n) is 18.7. The number of likely N-dealkylation sites (N-methyl/N-ethyl adjacent to an activating group) is 1. The second-order valence-electron chi connectivity index (χ2n) is 8.31. The molecule has 0 aliphatic carbocycles. The predicted molar refractivity (Wildman–Crippen MR) is 126 cm³/mol. The van der Waals surface area contributed by atoms with Gasteiger partial charge in [-0.15, -0.1) is 0 Å². The monoisotopic (exact) mass is 466 g/mol. The van der Waals surface area contributed by atoms with Gasteiger partial charge in [0.2, 0.25) is 5.91 Å². The van der Waals surface area contributed by atoms with Gasteiger partial charge in [0.05, 0.1) is 23.9 Å². The Bertz CT molecular complexity index is 1100. The number of carbonyl (C=O) groups is 3. The van der Waals surface area contributed by atoms with E-state index in [2.05, 4.69) is 22.8 Å². The number of nitrogens with one attached hydrogen (secondary N) is 2. The average molecular weight is 467 g/mol. The molecule has 2 aromatic carbocycles. The van der Waals surface area contributed by atoms with E-state index in [0.717, 1.165) is 12.8 Å². The summed E-state index contributed by atoms with van der Waals surface area (Å²) in [6.07, 6.45) is 1.67. The first-order valence-corrected chi connectivity index (χ1v) is 11.4. The highest BCUT2D eigenvalue weighted by molar-refractivity contribution is 6.31. The van der Waals surface area contributed by atoms with Gasteiger partial charge < -0.3 is 15.5 Å². The highest BCUT2D eigenvalue weighted by Crippen LogP contribution is 2.38. The van der Waals surface area contributed by atoms with Crippen LogP contribution in [-0.4, -0.2) is 53.8 Å². The molecule has 2 N–H and O–H groups in total. The Kier molecular flexibility index (Phi) is 6.70. The lowest BCUT2D eigenvalue weighted by molar-refractivity contribution is -0.135. The summed E-state index contributed by atoms with van der Waals surface area (Å²) >= 11 is 6.37. The van der Waals surface area contributed by atoms with Gasteiger partial charge in [-0.25, -0.2) is 4.79 Å². The summed E-state index contributed by atoms with van der Waals surface area (Å²) in [6, 6.07) is 15.6. The van der Waals surface area contributed by atoms with E-state index in [1.54, 1.807) is 32.2 Å². The lowest BCUT2D eigenvalue weighted by atomic mass is 9.95. The highest BCUT2D eigenvalue weighted by Gasteiger charge is 2.45. The van der Waals surface area contributed by atoms with Gasteiger partial charge in [0, 0.05) is 18.6 Å². The average Bonchev–Trinajstić information content (AvgIpc) is 3.17. The maximum Gasteiger partial charge on any atom is 0.322 e. The zero-order chi connectivity index (χ0) is 23.5. The SMILES string of the molecule is C[C@@H](C(=O)NCCCc1ccccc1)N1CC2=C(C1=O)[C@H](c1ccccc1Cl)NC(=O)N2C. The summed E-state index contributed by atoms with van der Waals surface area (Å²) < 4.78 is 0. The van der Waals surface area contributed by atoms with Gasteiger partial charge >= 0.3 is 6.03 Å². The molecule has 0 saturated carbocycles. The number of carbonyl (C=O) groups excluding carboxylic acids is 3. The molecule has 0 unspecified atom stereocenters. The molecule has 0 aromatic heterocycles. The fourth-order valence-corrected chi connectivity index (χ4v) is 4.53. The summed E-state index contributed by atoms with van der Waals surface area (Å²) in [4.78, 5) is 41.7. The second-order valence-corrected chi connectivity index (χ2v) is 8.72. The molecule has 2 atom stereocenters. The van der Waals surface area contributed by atoms with Crippen LogP contribution in [0, 0.1) is 0 Å². The van der Waals surface area contributed by atoms with Crippen molar-refractivity contribution < 1.29 is 14.4 Å². The molecule has 8 heteroatoms. The van der Waals surface area contributed by atoms with Crippen LogP contribution in [0.1, 0.15) is 30.5 Å². The van der Waals surface area contributed by atoms with Crippen LogP contribution in [0.3, 0.4) is 0 Å². The number of halogens is 1. The highest BCUT2D eigenvalue weighted by atomic mass is 35.5. The predicted octanol–water partition coefficient (Wildman–Crippen LogP) is 3.27. The number of urea groups is 1. The Morgan fingerprint density at radius 3 is 2.58 bits per heavy atom. The van der Waals surface area contributed by atoms with E-state index < -0.39 is 12.1 Å². The van der Waals surface area contributed by atoms with Gasteiger partial charge in [0.15, 0.2) is 0 Å². The van der Waals surface area contributed by atoms with E-state index in [4.69, 9.17) is 11.6 Å². The minimum atomic E-state index is -0.671. The molecule has 2 heterocycles. The Hall–Kier alpha value is -3.32. The van der Waals surface area contributed by atoms with Crippen LogP contribution in [0.2, 0.25) is 5.02 Å². The first-order chi connectivity index (χ1) is 15.9. The molecule has 7 nitrogen and oxygen atoms in total. The minimum Gasteiger partial charge on any atom is -0.354 e. The van der Waals surface area contributed by atoms with E-state index in [-0.39, 0.29) is 24.4 Å². The number of aryl methyl sites for hydroxylation is 1. The van der Waals surface area contributed by atoms with Gasteiger partial charge in [-0.2, -0.15) is 0 Å². The molecule has 0 fully saturated rings. The van der Waals surface area contributed by atoms with Crippen LogP contribution < -0.4 is 10.6 Å². The molecule has 2 aliphatic rings. The maximum atomic E-state index is 13.4. The van der Waals surface area contributed by atoms with Gasteiger partial charge in [-0.1, -0.05) is 60.1 Å². The molecule has 4 amide bonds. The third kappa shape index (κ3) is 4.59. The van der Waals surface area contributed by atoms with E-state index in [1.165, 1.54) is 15.4 Å². The van der Waals surface area contributed by atoms with Crippen LogP contribution in [0.25, 0.3) is 0 Å². The molecule has 172 valence electrons. The van der Waals surface area contributed by atoms with E-state index in [0.29, 0.717) is 28.4 Å². The van der Waals surface area contributed by atoms with Crippen molar-refractivity contribution in [3.05, 3.63) is 82.0 Å². The first-order valence-electron chi connectivity index (χ1n) is 11.0. The summed E-state index contributed by atoms with van der Waals surface area (Å²) in [5, 5.41) is 6.27. The molecule has 0 bridgehead atoms. The lowest BCUT2D eigenvalue weighted by Crippen LogP contribution is -2.47. The molecule has 0 saturated heterocycles. The number of amides is 4. The molecular formula is C25H27ClN4O3. The van der Waals surface area contributed by atoms with Crippen LogP contribution >= 0.6 is 11.6 Å². The number of rotatable bonds is 7.